The van der Waals surface area contributed by atoms with Crippen LogP contribution < -0.4 is 22.1 Å². The van der Waals surface area contributed by atoms with E-state index in [1.807, 2.05) is 0 Å². The highest BCUT2D eigenvalue weighted by molar-refractivity contribution is 5.73. The molecule has 0 aliphatic rings. The van der Waals surface area contributed by atoms with Crippen LogP contribution in [0.1, 0.15) is 25.7 Å². The topological polar surface area (TPSA) is 93.2 Å². The van der Waals surface area contributed by atoms with Crippen LogP contribution in [0.4, 0.5) is 4.79 Å². The van der Waals surface area contributed by atoms with Crippen molar-refractivity contribution in [3.05, 3.63) is 0 Å². The molecule has 0 unspecified atom stereocenters. The molecule has 0 rings (SSSR count). The second kappa shape index (κ2) is 10.3. The molecule has 0 aromatic carbocycles. The van der Waals surface area contributed by atoms with Crippen LogP contribution >= 0.6 is 0 Å². The number of urea groups is 1. The number of nitrogens with one attached hydrogen (secondary N) is 2. The van der Waals surface area contributed by atoms with Gasteiger partial charge in [0, 0.05) is 13.1 Å². The van der Waals surface area contributed by atoms with E-state index in [2.05, 4.69) is 10.6 Å². The smallest absolute Gasteiger partial charge is 0.314 e. The van der Waals surface area contributed by atoms with E-state index in [-0.39, 0.29) is 6.03 Å². The van der Waals surface area contributed by atoms with E-state index >= 15 is 0 Å². The summed E-state index contributed by atoms with van der Waals surface area (Å²) >= 11 is 0. The highest BCUT2D eigenvalue weighted by Crippen LogP contribution is 1.90. The number of amides is 2. The lowest BCUT2D eigenvalue weighted by atomic mass is 10.2. The van der Waals surface area contributed by atoms with Crippen molar-refractivity contribution in [2.45, 2.75) is 25.7 Å². The average Bonchev–Trinajstić information content (AvgIpc) is 2.18. The van der Waals surface area contributed by atoms with E-state index in [0.29, 0.717) is 19.6 Å². The van der Waals surface area contributed by atoms with E-state index < -0.39 is 0 Å². The van der Waals surface area contributed by atoms with Gasteiger partial charge in [0.25, 0.3) is 0 Å². The molecular weight excluding hydrogens is 180 g/mol. The molecule has 0 fully saturated rings. The second-order valence-corrected chi connectivity index (χ2v) is 3.17. The SMILES string of the molecule is NCCCCCNC(=O)NCCCN. The van der Waals surface area contributed by atoms with Crippen molar-refractivity contribution in [1.29, 1.82) is 0 Å². The van der Waals surface area contributed by atoms with E-state index in [0.717, 1.165) is 32.2 Å². The van der Waals surface area contributed by atoms with Gasteiger partial charge in [-0.15, -0.1) is 0 Å². The van der Waals surface area contributed by atoms with Gasteiger partial charge in [-0.25, -0.2) is 4.79 Å². The van der Waals surface area contributed by atoms with Crippen molar-refractivity contribution >= 4 is 6.03 Å². The molecule has 5 nitrogen and oxygen atoms in total. The number of unbranched alkanes of at least 4 members (excludes halogenated alkanes) is 2. The minimum absolute atomic E-state index is 0.105. The quantitative estimate of drug-likeness (QED) is 0.409. The minimum Gasteiger partial charge on any atom is -0.338 e. The van der Waals surface area contributed by atoms with E-state index in [9.17, 15) is 4.79 Å². The third-order valence-corrected chi connectivity index (χ3v) is 1.83. The first-order valence-electron chi connectivity index (χ1n) is 5.23. The number of carbonyl (C=O) groups is 1. The standard InChI is InChI=1S/C9H22N4O/c10-5-2-1-3-7-12-9(14)13-8-4-6-11/h1-8,10-11H2,(H2,12,13,14). The molecule has 0 spiro atoms. The van der Waals surface area contributed by atoms with Gasteiger partial charge in [0.1, 0.15) is 0 Å². The maximum absolute atomic E-state index is 11.1. The van der Waals surface area contributed by atoms with Crippen molar-refractivity contribution in [3.63, 3.8) is 0 Å². The van der Waals surface area contributed by atoms with Crippen molar-refractivity contribution < 1.29 is 4.79 Å². The Balaban J connectivity index is 3.10. The maximum atomic E-state index is 11.1. The first-order valence-corrected chi connectivity index (χ1v) is 5.23. The summed E-state index contributed by atoms with van der Waals surface area (Å²) in [6, 6.07) is -0.105. The Morgan fingerprint density at radius 1 is 0.857 bits per heavy atom. The fraction of sp³-hybridized carbons (Fsp3) is 0.889. The fourth-order valence-corrected chi connectivity index (χ4v) is 1.01. The zero-order valence-corrected chi connectivity index (χ0v) is 8.72. The number of hydrogen-bond acceptors (Lipinski definition) is 3. The van der Waals surface area contributed by atoms with E-state index in [1.165, 1.54) is 0 Å². The summed E-state index contributed by atoms with van der Waals surface area (Å²) in [5.41, 5.74) is 10.6. The van der Waals surface area contributed by atoms with Crippen molar-refractivity contribution in [2.75, 3.05) is 26.2 Å². The maximum Gasteiger partial charge on any atom is 0.314 e. The van der Waals surface area contributed by atoms with Crippen LogP contribution in [0.15, 0.2) is 0 Å². The molecule has 0 aliphatic carbocycles. The molecule has 0 saturated carbocycles. The van der Waals surface area contributed by atoms with Crippen LogP contribution in [-0.2, 0) is 0 Å². The lowest BCUT2D eigenvalue weighted by Crippen LogP contribution is -2.37. The summed E-state index contributed by atoms with van der Waals surface area (Å²) in [5, 5.41) is 5.49. The number of nitrogens with two attached hydrogens (primary N) is 2. The van der Waals surface area contributed by atoms with Crippen molar-refractivity contribution in [1.82, 2.24) is 10.6 Å². The Morgan fingerprint density at radius 2 is 1.43 bits per heavy atom. The third kappa shape index (κ3) is 9.28. The molecule has 0 aromatic heterocycles. The molecule has 0 aromatic rings. The molecule has 0 heterocycles. The van der Waals surface area contributed by atoms with E-state index in [4.69, 9.17) is 11.5 Å². The molecule has 0 atom stereocenters. The first kappa shape index (κ1) is 13.2. The van der Waals surface area contributed by atoms with Gasteiger partial charge in [-0.2, -0.15) is 0 Å². The summed E-state index contributed by atoms with van der Waals surface area (Å²) in [6.07, 6.45) is 3.90. The molecule has 2 amide bonds. The van der Waals surface area contributed by atoms with Crippen LogP contribution in [0, 0.1) is 0 Å². The molecule has 0 radical (unpaired) electrons. The molecule has 6 N–H and O–H groups in total. The minimum atomic E-state index is -0.105. The number of hydrogen-bond donors (Lipinski definition) is 4. The Bertz CT molecular complexity index is 141. The molecular formula is C9H22N4O. The first-order chi connectivity index (χ1) is 6.81. The zero-order chi connectivity index (χ0) is 10.6. The normalized spacial score (nSPS) is 9.86. The van der Waals surface area contributed by atoms with E-state index in [1.54, 1.807) is 0 Å². The van der Waals surface area contributed by atoms with Gasteiger partial charge in [-0.3, -0.25) is 0 Å². The lowest BCUT2D eigenvalue weighted by Gasteiger charge is -2.06. The highest BCUT2D eigenvalue weighted by atomic mass is 16.2. The zero-order valence-electron chi connectivity index (χ0n) is 8.72. The van der Waals surface area contributed by atoms with Gasteiger partial charge in [0.05, 0.1) is 0 Å². The van der Waals surface area contributed by atoms with Gasteiger partial charge in [-0.05, 0) is 32.4 Å². The van der Waals surface area contributed by atoms with Crippen molar-refractivity contribution in [3.8, 4) is 0 Å². The Hall–Kier alpha value is -0.810. The average molecular weight is 202 g/mol. The molecule has 0 aliphatic heterocycles. The number of rotatable bonds is 8. The van der Waals surface area contributed by atoms with Crippen LogP contribution in [0.2, 0.25) is 0 Å². The van der Waals surface area contributed by atoms with Crippen LogP contribution in [0.5, 0.6) is 0 Å². The van der Waals surface area contributed by atoms with Gasteiger partial charge >= 0.3 is 6.03 Å². The molecule has 84 valence electrons. The largest absolute Gasteiger partial charge is 0.338 e. The van der Waals surface area contributed by atoms with Gasteiger partial charge in [0.2, 0.25) is 0 Å². The monoisotopic (exact) mass is 202 g/mol. The third-order valence-electron chi connectivity index (χ3n) is 1.83. The second-order valence-electron chi connectivity index (χ2n) is 3.17. The summed E-state index contributed by atoms with van der Waals surface area (Å²) in [7, 11) is 0. The summed E-state index contributed by atoms with van der Waals surface area (Å²) < 4.78 is 0. The predicted octanol–water partition coefficient (Wildman–Crippen LogP) is -0.237. The Labute approximate surface area is 85.6 Å². The van der Waals surface area contributed by atoms with Crippen LogP contribution in [0.25, 0.3) is 0 Å². The summed E-state index contributed by atoms with van der Waals surface area (Å²) in [4.78, 5) is 11.1. The highest BCUT2D eigenvalue weighted by Gasteiger charge is 1.96. The fourth-order valence-electron chi connectivity index (χ4n) is 1.01. The number of carbonyl (C=O) groups excluding carboxylic acids is 1. The van der Waals surface area contributed by atoms with Crippen LogP contribution in [-0.4, -0.2) is 32.2 Å². The molecule has 14 heavy (non-hydrogen) atoms. The van der Waals surface area contributed by atoms with Crippen LogP contribution in [0.3, 0.4) is 0 Å². The van der Waals surface area contributed by atoms with Gasteiger partial charge in [-0.1, -0.05) is 6.42 Å². The summed E-state index contributed by atoms with van der Waals surface area (Å²) in [5.74, 6) is 0. The summed E-state index contributed by atoms with van der Waals surface area (Å²) in [6.45, 7) is 2.69. The molecule has 0 bridgehead atoms. The Morgan fingerprint density at radius 3 is 2.00 bits per heavy atom. The predicted molar refractivity (Wildman–Crippen MR) is 58.0 cm³/mol. The molecule has 5 heteroatoms. The lowest BCUT2D eigenvalue weighted by molar-refractivity contribution is 0.240. The van der Waals surface area contributed by atoms with Crippen molar-refractivity contribution in [2.24, 2.45) is 11.5 Å². The Kier molecular flexibility index (Phi) is 9.68. The molecule has 0 saturated heterocycles. The van der Waals surface area contributed by atoms with Gasteiger partial charge in [0.15, 0.2) is 0 Å². The van der Waals surface area contributed by atoms with Gasteiger partial charge < -0.3 is 22.1 Å².